The zero-order valence-corrected chi connectivity index (χ0v) is 21.8. The minimum Gasteiger partial charge on any atom is -0.508 e. The highest BCUT2D eigenvalue weighted by molar-refractivity contribution is 5.95. The van der Waals surface area contributed by atoms with Crippen LogP contribution < -0.4 is 5.32 Å². The number of amides is 1. The molecule has 1 amide bonds. The topological polar surface area (TPSA) is 194 Å². The summed E-state index contributed by atoms with van der Waals surface area (Å²) in [5.41, 5.74) is 0.143. The van der Waals surface area contributed by atoms with Gasteiger partial charge in [0.2, 0.25) is 0 Å². The van der Waals surface area contributed by atoms with Gasteiger partial charge >= 0.3 is 11.9 Å². The van der Waals surface area contributed by atoms with Crippen LogP contribution in [0.2, 0.25) is 0 Å². The molecular formula is C31H25NO10. The van der Waals surface area contributed by atoms with E-state index in [0.29, 0.717) is 0 Å². The number of hydrogen-bond donors (Lipinski definition) is 7. The SMILES string of the molecule is O=C(NC1c2ccccc2CC1OC(=O)c1cc(O)c(C(O)c2c(O)cccc2C(=O)O)c(O)c1)c1ccc(O)cc1. The maximum atomic E-state index is 13.2. The number of nitrogens with one attached hydrogen (secondary N) is 1. The lowest BCUT2D eigenvalue weighted by Gasteiger charge is -2.23. The third kappa shape index (κ3) is 5.28. The molecule has 4 aromatic rings. The molecule has 0 aromatic heterocycles. The molecule has 0 saturated carbocycles. The van der Waals surface area contributed by atoms with Crippen LogP contribution in [0.25, 0.3) is 0 Å². The third-order valence-electron chi connectivity index (χ3n) is 7.09. The van der Waals surface area contributed by atoms with Crippen molar-refractivity contribution in [3.05, 3.63) is 118 Å². The monoisotopic (exact) mass is 571 g/mol. The van der Waals surface area contributed by atoms with Crippen LogP contribution in [0.4, 0.5) is 0 Å². The molecule has 11 heteroatoms. The second-order valence-corrected chi connectivity index (χ2v) is 9.72. The average Bonchev–Trinajstić information content (AvgIpc) is 3.29. The summed E-state index contributed by atoms with van der Waals surface area (Å²) in [5.74, 6) is -4.94. The number of carboxylic acid groups (broad SMARTS) is 1. The maximum absolute atomic E-state index is 13.2. The number of aliphatic hydroxyl groups is 1. The van der Waals surface area contributed by atoms with Gasteiger partial charge in [-0.3, -0.25) is 4.79 Å². The summed E-state index contributed by atoms with van der Waals surface area (Å²) in [4.78, 5) is 37.7. The molecule has 0 aliphatic heterocycles. The van der Waals surface area contributed by atoms with Crippen molar-refractivity contribution in [2.45, 2.75) is 24.7 Å². The summed E-state index contributed by atoms with van der Waals surface area (Å²) in [5, 5.41) is 64.2. The van der Waals surface area contributed by atoms with E-state index < -0.39 is 70.0 Å². The van der Waals surface area contributed by atoms with Gasteiger partial charge in [-0.1, -0.05) is 30.3 Å². The van der Waals surface area contributed by atoms with Gasteiger partial charge in [-0.15, -0.1) is 0 Å². The Bertz CT molecular complexity index is 1680. The summed E-state index contributed by atoms with van der Waals surface area (Å²) in [7, 11) is 0. The lowest BCUT2D eigenvalue weighted by Crippen LogP contribution is -2.36. The highest BCUT2D eigenvalue weighted by atomic mass is 16.5. The second-order valence-electron chi connectivity index (χ2n) is 9.72. The molecule has 5 rings (SSSR count). The summed E-state index contributed by atoms with van der Waals surface area (Å²) in [6, 6.07) is 17.5. The second kappa shape index (κ2) is 11.1. The number of aromatic carboxylic acids is 1. The van der Waals surface area contributed by atoms with E-state index in [9.17, 15) is 45.0 Å². The summed E-state index contributed by atoms with van der Waals surface area (Å²) in [6.07, 6.45) is -2.54. The number of rotatable bonds is 7. The van der Waals surface area contributed by atoms with Crippen LogP contribution in [-0.4, -0.2) is 54.6 Å². The molecule has 0 heterocycles. The van der Waals surface area contributed by atoms with E-state index in [4.69, 9.17) is 4.74 Å². The van der Waals surface area contributed by atoms with Crippen molar-refractivity contribution >= 4 is 17.8 Å². The Hall–Kier alpha value is -5.55. The van der Waals surface area contributed by atoms with Gasteiger partial charge in [0, 0.05) is 17.5 Å². The highest BCUT2D eigenvalue weighted by Gasteiger charge is 2.37. The van der Waals surface area contributed by atoms with Gasteiger partial charge in [0.05, 0.1) is 22.7 Å². The van der Waals surface area contributed by atoms with Crippen molar-refractivity contribution < 1.29 is 49.8 Å². The highest BCUT2D eigenvalue weighted by Crippen LogP contribution is 2.42. The first kappa shape index (κ1) is 28.0. The number of fused-ring (bicyclic) bond motifs is 1. The van der Waals surface area contributed by atoms with E-state index >= 15 is 0 Å². The van der Waals surface area contributed by atoms with Crippen LogP contribution in [0.3, 0.4) is 0 Å². The van der Waals surface area contributed by atoms with Crippen molar-refractivity contribution in [2.75, 3.05) is 0 Å². The van der Waals surface area contributed by atoms with E-state index in [0.717, 1.165) is 35.4 Å². The van der Waals surface area contributed by atoms with Crippen LogP contribution in [0.5, 0.6) is 23.0 Å². The molecular weight excluding hydrogens is 546 g/mol. The fraction of sp³-hybridized carbons (Fsp3) is 0.129. The van der Waals surface area contributed by atoms with Crippen molar-refractivity contribution in [2.24, 2.45) is 0 Å². The van der Waals surface area contributed by atoms with Gasteiger partial charge in [0.1, 0.15) is 35.2 Å². The predicted molar refractivity (Wildman–Crippen MR) is 147 cm³/mol. The van der Waals surface area contributed by atoms with Gasteiger partial charge < -0.3 is 40.7 Å². The van der Waals surface area contributed by atoms with Gasteiger partial charge in [-0.25, -0.2) is 9.59 Å². The van der Waals surface area contributed by atoms with Gasteiger partial charge in [-0.2, -0.15) is 0 Å². The van der Waals surface area contributed by atoms with Crippen LogP contribution in [0.1, 0.15) is 65.5 Å². The molecule has 7 N–H and O–H groups in total. The van der Waals surface area contributed by atoms with Gasteiger partial charge in [-0.05, 0) is 59.7 Å². The smallest absolute Gasteiger partial charge is 0.338 e. The lowest BCUT2D eigenvalue weighted by atomic mass is 9.93. The molecule has 3 atom stereocenters. The van der Waals surface area contributed by atoms with Crippen LogP contribution in [0.15, 0.2) is 78.9 Å². The number of phenols is 4. The first-order valence-electron chi connectivity index (χ1n) is 12.7. The quantitative estimate of drug-likeness (QED) is 0.161. The van der Waals surface area contributed by atoms with Crippen LogP contribution in [-0.2, 0) is 11.2 Å². The summed E-state index contributed by atoms with van der Waals surface area (Å²) in [6.45, 7) is 0. The molecule has 0 saturated heterocycles. The Morgan fingerprint density at radius 3 is 2.12 bits per heavy atom. The van der Waals surface area contributed by atoms with Crippen molar-refractivity contribution in [1.82, 2.24) is 5.32 Å². The Balaban J connectivity index is 1.40. The third-order valence-corrected chi connectivity index (χ3v) is 7.09. The number of benzene rings is 4. The molecule has 0 spiro atoms. The van der Waals surface area contributed by atoms with E-state index in [1.165, 1.54) is 30.3 Å². The average molecular weight is 572 g/mol. The number of carbonyl (C=O) groups is 3. The van der Waals surface area contributed by atoms with E-state index in [-0.39, 0.29) is 23.3 Å². The maximum Gasteiger partial charge on any atom is 0.338 e. The Morgan fingerprint density at radius 1 is 0.786 bits per heavy atom. The number of hydrogen-bond acceptors (Lipinski definition) is 9. The normalized spacial score (nSPS) is 16.3. The molecule has 0 radical (unpaired) electrons. The number of phenolic OH excluding ortho intramolecular Hbond substituents is 4. The zero-order chi connectivity index (χ0) is 30.1. The number of aliphatic hydroxyl groups excluding tert-OH is 1. The molecule has 4 aromatic carbocycles. The number of esters is 1. The number of ether oxygens (including phenoxy) is 1. The minimum atomic E-state index is -1.95. The predicted octanol–water partition coefficient (Wildman–Crippen LogP) is 3.54. The first-order chi connectivity index (χ1) is 20.0. The largest absolute Gasteiger partial charge is 0.508 e. The van der Waals surface area contributed by atoms with E-state index in [1.54, 1.807) is 12.1 Å². The molecule has 1 aliphatic rings. The molecule has 11 nitrogen and oxygen atoms in total. The Kier molecular flexibility index (Phi) is 7.43. The molecule has 1 aliphatic carbocycles. The number of carbonyl (C=O) groups excluding carboxylic acids is 2. The van der Waals surface area contributed by atoms with Crippen LogP contribution in [0, 0.1) is 0 Å². The summed E-state index contributed by atoms with van der Waals surface area (Å²) < 4.78 is 5.72. The number of carboxylic acids is 1. The first-order valence-corrected chi connectivity index (χ1v) is 12.7. The Labute approximate surface area is 238 Å². The fourth-order valence-electron chi connectivity index (χ4n) is 5.07. The van der Waals surface area contributed by atoms with Crippen molar-refractivity contribution in [3.63, 3.8) is 0 Å². The van der Waals surface area contributed by atoms with Crippen molar-refractivity contribution in [1.29, 1.82) is 0 Å². The fourth-order valence-corrected chi connectivity index (χ4v) is 5.07. The van der Waals surface area contributed by atoms with E-state index in [1.807, 2.05) is 12.1 Å². The number of aromatic hydroxyl groups is 4. The van der Waals surface area contributed by atoms with E-state index in [2.05, 4.69) is 5.32 Å². The molecule has 214 valence electrons. The lowest BCUT2D eigenvalue weighted by molar-refractivity contribution is 0.0229. The molecule has 0 fully saturated rings. The molecule has 0 bridgehead atoms. The zero-order valence-electron chi connectivity index (χ0n) is 21.8. The Morgan fingerprint density at radius 2 is 1.45 bits per heavy atom. The molecule has 42 heavy (non-hydrogen) atoms. The standard InChI is InChI=1S/C31H25NO10/c33-18-10-8-15(9-11-18)29(38)32-27-19-5-2-1-4-16(19)14-24(27)42-31(41)17-12-22(35)26(23(36)13-17)28(37)25-20(30(39)40)6-3-7-21(25)34/h1-13,24,27-28,33-37H,14H2,(H,32,38)(H,39,40). The van der Waals surface area contributed by atoms with Crippen molar-refractivity contribution in [3.8, 4) is 23.0 Å². The minimum absolute atomic E-state index is 0.00231. The summed E-state index contributed by atoms with van der Waals surface area (Å²) >= 11 is 0. The van der Waals surface area contributed by atoms with Crippen LogP contribution >= 0.6 is 0 Å². The molecule has 3 unspecified atom stereocenters. The van der Waals surface area contributed by atoms with Gasteiger partial charge in [0.15, 0.2) is 0 Å². The van der Waals surface area contributed by atoms with Gasteiger partial charge in [0.25, 0.3) is 5.91 Å².